The molecule has 0 radical (unpaired) electrons. The molecular weight excluding hydrogens is 574 g/mol. The monoisotopic (exact) mass is 614 g/mol. The average Bonchev–Trinajstić information content (AvgIpc) is 3.02. The quantitative estimate of drug-likeness (QED) is 0.0799. The Morgan fingerprint density at radius 2 is 1.49 bits per heavy atom. The van der Waals surface area contributed by atoms with Gasteiger partial charge in [-0.3, -0.25) is 4.79 Å². The van der Waals surface area contributed by atoms with E-state index in [9.17, 15) is 24.9 Å². The third-order valence-corrected chi connectivity index (χ3v) is 7.08. The highest BCUT2D eigenvalue weighted by atomic mass is 16.6. The molecule has 3 rings (SSSR count). The van der Waals surface area contributed by atoms with E-state index in [0.29, 0.717) is 30.5 Å². The topological polar surface area (TPSA) is 168 Å². The summed E-state index contributed by atoms with van der Waals surface area (Å²) < 4.78 is 10.7. The van der Waals surface area contributed by atoms with Gasteiger partial charge >= 0.3 is 17.9 Å². The van der Waals surface area contributed by atoms with E-state index in [1.807, 2.05) is 67.6 Å². The number of nitrogens with one attached hydrogen (secondary N) is 2. The highest BCUT2D eigenvalue weighted by Crippen LogP contribution is 2.22. The van der Waals surface area contributed by atoms with Crippen LogP contribution in [0.3, 0.4) is 0 Å². The van der Waals surface area contributed by atoms with Crippen molar-refractivity contribution < 1.29 is 29.0 Å². The number of aliphatic hydroxyl groups excluding tert-OH is 1. The van der Waals surface area contributed by atoms with Gasteiger partial charge in [-0.05, 0) is 68.8 Å². The van der Waals surface area contributed by atoms with Crippen molar-refractivity contribution in [1.82, 2.24) is 10.6 Å². The smallest absolute Gasteiger partial charge is 0.501 e. The maximum absolute atomic E-state index is 13.6. The van der Waals surface area contributed by atoms with Crippen molar-refractivity contribution in [3.8, 4) is 0 Å². The molecule has 0 saturated carbocycles. The second-order valence-corrected chi connectivity index (χ2v) is 10.7. The molecule has 5 N–H and O–H groups in total. The number of aliphatic hydroxyl groups is 1. The summed E-state index contributed by atoms with van der Waals surface area (Å²) in [7, 11) is 0. The second kappa shape index (κ2) is 17.2. The molecular formula is C34H40N5O6+. The number of ether oxygens (including phenoxy) is 2. The Bertz CT molecular complexity index is 1510. The molecule has 11 heteroatoms. The summed E-state index contributed by atoms with van der Waals surface area (Å²) in [5.41, 5.74) is 9.72. The van der Waals surface area contributed by atoms with Gasteiger partial charge in [-0.15, -0.1) is 0 Å². The summed E-state index contributed by atoms with van der Waals surface area (Å²) in [5, 5.41) is 26.2. The lowest BCUT2D eigenvalue weighted by Gasteiger charge is -2.22. The third-order valence-electron chi connectivity index (χ3n) is 7.08. The maximum atomic E-state index is 13.6. The van der Waals surface area contributed by atoms with Gasteiger partial charge < -0.3 is 30.9 Å². The number of hydrogen-bond acceptors (Lipinski definition) is 8. The minimum atomic E-state index is -1.14. The number of nitrogens with zero attached hydrogens (tertiary/aromatic N) is 2. The lowest BCUT2D eigenvalue weighted by Crippen LogP contribution is -2.51. The van der Waals surface area contributed by atoms with Crippen LogP contribution in [0.2, 0.25) is 0 Å². The van der Waals surface area contributed by atoms with Gasteiger partial charge in [0.25, 0.3) is 5.76 Å². The number of aryl methyl sites for hydroxylation is 3. The first kappa shape index (κ1) is 34.3. The van der Waals surface area contributed by atoms with Crippen molar-refractivity contribution in [1.29, 1.82) is 5.39 Å². The van der Waals surface area contributed by atoms with E-state index in [1.54, 1.807) is 26.0 Å². The number of nitrogens with two attached hydrogens (primary N) is 1. The van der Waals surface area contributed by atoms with Crippen LogP contribution < -0.4 is 16.4 Å². The van der Waals surface area contributed by atoms with Gasteiger partial charge in [0.2, 0.25) is 16.3 Å². The lowest BCUT2D eigenvalue weighted by molar-refractivity contribution is -0.123. The molecule has 0 aliphatic rings. The number of benzene rings is 3. The zero-order chi connectivity index (χ0) is 32.8. The van der Waals surface area contributed by atoms with Gasteiger partial charge in [-0.2, -0.15) is 0 Å². The van der Waals surface area contributed by atoms with Crippen LogP contribution in [0.25, 0.3) is 4.98 Å². The molecule has 2 atom stereocenters. The number of diazo groups is 1. The molecule has 0 spiro atoms. The first-order chi connectivity index (χ1) is 21.6. The first-order valence-electron chi connectivity index (χ1n) is 14.7. The first-order valence-corrected chi connectivity index (χ1v) is 14.7. The molecule has 0 heterocycles. The number of alkyl carbamates (subject to hydrolysis) is 1. The van der Waals surface area contributed by atoms with Crippen molar-refractivity contribution in [2.24, 2.45) is 5.73 Å². The number of carbonyl (C=O) groups excluding carboxylic acids is 3. The fourth-order valence-corrected chi connectivity index (χ4v) is 4.92. The predicted octanol–water partition coefficient (Wildman–Crippen LogP) is 5.50. The highest BCUT2D eigenvalue weighted by Gasteiger charge is 2.34. The van der Waals surface area contributed by atoms with Crippen LogP contribution in [-0.2, 0) is 27.3 Å². The van der Waals surface area contributed by atoms with Crippen LogP contribution in [-0.4, -0.2) is 41.7 Å². The third kappa shape index (κ3) is 10.5. The molecule has 45 heavy (non-hydrogen) atoms. The Kier molecular flexibility index (Phi) is 13.1. The Morgan fingerprint density at radius 1 is 0.889 bits per heavy atom. The number of unbranched alkanes of at least 4 members (excludes halogenated alkanes) is 1. The fraction of sp³-hybridized carbons (Fsp3) is 0.324. The molecule has 3 aromatic rings. The SMILES string of the molecule is Cc1cc(C)c(C(=O)O/C([N+]#N)=C(/O)[C@H](CCCCN)NC(=O)[C@H](Cc2ccccc2)NC(=O)OCc2ccccc2)c(C)c1. The summed E-state index contributed by atoms with van der Waals surface area (Å²) in [6, 6.07) is 19.5. The van der Waals surface area contributed by atoms with Gasteiger partial charge in [0.05, 0.1) is 11.6 Å². The van der Waals surface area contributed by atoms with Crippen molar-refractivity contribution in [2.75, 3.05) is 6.54 Å². The molecule has 0 aliphatic heterocycles. The van der Waals surface area contributed by atoms with Gasteiger partial charge in [0, 0.05) is 6.42 Å². The fourth-order valence-electron chi connectivity index (χ4n) is 4.92. The van der Waals surface area contributed by atoms with E-state index in [1.165, 1.54) is 0 Å². The maximum Gasteiger partial charge on any atom is 0.594 e. The molecule has 0 fully saturated rings. The van der Waals surface area contributed by atoms with Crippen LogP contribution in [0.15, 0.2) is 84.4 Å². The Morgan fingerprint density at radius 3 is 2.07 bits per heavy atom. The molecule has 11 nitrogen and oxygen atoms in total. The van der Waals surface area contributed by atoms with Crippen LogP contribution in [0, 0.1) is 26.2 Å². The van der Waals surface area contributed by atoms with Crippen molar-refractivity contribution >= 4 is 18.0 Å². The summed E-state index contributed by atoms with van der Waals surface area (Å²) in [6.45, 7) is 5.76. The van der Waals surface area contributed by atoms with Crippen LogP contribution in [0.4, 0.5) is 4.79 Å². The van der Waals surface area contributed by atoms with Crippen LogP contribution in [0.1, 0.15) is 57.4 Å². The molecule has 0 unspecified atom stereocenters. The molecule has 3 aromatic carbocycles. The molecule has 2 amide bonds. The summed E-state index contributed by atoms with van der Waals surface area (Å²) in [5.74, 6) is -2.90. The zero-order valence-corrected chi connectivity index (χ0v) is 25.8. The molecule has 236 valence electrons. The average molecular weight is 615 g/mol. The normalized spacial score (nSPS) is 12.6. The number of amides is 2. The number of carbonyl (C=O) groups is 3. The van der Waals surface area contributed by atoms with Gasteiger partial charge in [0.1, 0.15) is 12.6 Å². The summed E-state index contributed by atoms with van der Waals surface area (Å²) in [4.78, 5) is 42.5. The van der Waals surface area contributed by atoms with Crippen molar-refractivity contribution in [2.45, 2.75) is 65.1 Å². The zero-order valence-electron chi connectivity index (χ0n) is 25.8. The predicted molar refractivity (Wildman–Crippen MR) is 169 cm³/mol. The van der Waals surface area contributed by atoms with E-state index in [4.69, 9.17) is 15.2 Å². The van der Waals surface area contributed by atoms with Gasteiger partial charge in [-0.1, -0.05) is 78.4 Å². The van der Waals surface area contributed by atoms with Gasteiger partial charge in [0.15, 0.2) is 0 Å². The Balaban J connectivity index is 1.84. The Labute approximate surface area is 263 Å². The Hall–Kier alpha value is -5.21. The van der Waals surface area contributed by atoms with Crippen LogP contribution in [0.5, 0.6) is 0 Å². The highest BCUT2D eigenvalue weighted by molar-refractivity contribution is 5.93. The largest absolute Gasteiger partial charge is 0.594 e. The minimum absolute atomic E-state index is 0.00422. The summed E-state index contributed by atoms with van der Waals surface area (Å²) in [6.07, 6.45) is 0.530. The molecule has 0 aliphatic carbocycles. The standard InChI is InChI=1S/C34H39N5O6/c1-22-18-23(2)29(24(3)19-22)33(42)45-32(39-36)30(40)27(16-10-11-17-35)37-31(41)28(20-25-12-6-4-7-13-25)38-34(43)44-21-26-14-8-5-9-15-26/h4-9,12-15,18-19,27-28H,10-11,16-17,20-21,35H2,1-3H3,(H2-,37,38,40,41,43)/p+1/b32-30+/t27-,28-/m0/s1. The molecule has 0 aromatic heterocycles. The molecule has 0 bridgehead atoms. The van der Waals surface area contributed by atoms with Crippen molar-refractivity contribution in [3.63, 3.8) is 0 Å². The number of esters is 1. The second-order valence-electron chi connectivity index (χ2n) is 10.7. The van der Waals surface area contributed by atoms with E-state index in [0.717, 1.165) is 16.7 Å². The van der Waals surface area contributed by atoms with Crippen molar-refractivity contribution in [3.05, 3.63) is 123 Å². The van der Waals surface area contributed by atoms with E-state index >= 15 is 0 Å². The molecule has 0 saturated heterocycles. The van der Waals surface area contributed by atoms with E-state index in [-0.39, 0.29) is 25.0 Å². The summed E-state index contributed by atoms with van der Waals surface area (Å²) >= 11 is 0. The van der Waals surface area contributed by atoms with E-state index in [2.05, 4.69) is 15.6 Å². The minimum Gasteiger partial charge on any atom is -0.501 e. The van der Waals surface area contributed by atoms with Gasteiger partial charge in [-0.25, -0.2) is 9.59 Å². The lowest BCUT2D eigenvalue weighted by atomic mass is 10.00. The number of rotatable bonds is 14. The van der Waals surface area contributed by atoms with Crippen LogP contribution >= 0.6 is 0 Å². The number of hydrogen-bond donors (Lipinski definition) is 4. The van der Waals surface area contributed by atoms with E-state index < -0.39 is 41.7 Å².